The summed E-state index contributed by atoms with van der Waals surface area (Å²) in [5.41, 5.74) is 1.95. The monoisotopic (exact) mass is 328 g/mol. The Kier molecular flexibility index (Phi) is 5.83. The Balaban J connectivity index is 1.54. The van der Waals surface area contributed by atoms with Crippen LogP contribution in [-0.4, -0.2) is 35.5 Å². The van der Waals surface area contributed by atoms with Crippen LogP contribution in [0.25, 0.3) is 0 Å². The number of allylic oxidation sites excluding steroid dienone is 1. The molecular weight excluding hydrogens is 300 g/mol. The minimum Gasteiger partial charge on any atom is -0.356 e. The summed E-state index contributed by atoms with van der Waals surface area (Å²) in [4.78, 5) is 23.1. The van der Waals surface area contributed by atoms with Crippen molar-refractivity contribution in [1.82, 2.24) is 15.3 Å². The average molecular weight is 328 g/mol. The van der Waals surface area contributed by atoms with E-state index >= 15 is 0 Å². The number of carbonyl (C=O) groups is 1. The van der Waals surface area contributed by atoms with Crippen molar-refractivity contribution in [1.29, 1.82) is 0 Å². The van der Waals surface area contributed by atoms with Crippen molar-refractivity contribution in [3.63, 3.8) is 0 Å². The molecule has 1 aliphatic carbocycles. The van der Waals surface area contributed by atoms with Gasteiger partial charge in [0.15, 0.2) is 0 Å². The van der Waals surface area contributed by atoms with E-state index in [1.807, 2.05) is 6.07 Å². The molecule has 0 aromatic carbocycles. The Bertz CT molecular complexity index is 599. The van der Waals surface area contributed by atoms with Crippen molar-refractivity contribution in [3.05, 3.63) is 29.7 Å². The Labute approximate surface area is 144 Å². The van der Waals surface area contributed by atoms with E-state index in [1.54, 1.807) is 0 Å². The zero-order valence-corrected chi connectivity index (χ0v) is 14.6. The lowest BCUT2D eigenvalue weighted by Crippen LogP contribution is -2.35. The zero-order valence-electron chi connectivity index (χ0n) is 14.6. The van der Waals surface area contributed by atoms with Crippen LogP contribution in [0.1, 0.15) is 62.4 Å². The van der Waals surface area contributed by atoms with Gasteiger partial charge in [-0.2, -0.15) is 0 Å². The van der Waals surface area contributed by atoms with Crippen LogP contribution in [0.15, 0.2) is 24.0 Å². The van der Waals surface area contributed by atoms with Gasteiger partial charge in [-0.3, -0.25) is 4.79 Å². The Hall–Kier alpha value is -1.91. The van der Waals surface area contributed by atoms with Crippen molar-refractivity contribution >= 4 is 11.7 Å². The van der Waals surface area contributed by atoms with Crippen molar-refractivity contribution in [2.75, 3.05) is 24.5 Å². The van der Waals surface area contributed by atoms with Crippen LogP contribution in [-0.2, 0) is 0 Å². The van der Waals surface area contributed by atoms with Crippen LogP contribution in [0.3, 0.4) is 0 Å². The maximum Gasteiger partial charge on any atom is 0.270 e. The van der Waals surface area contributed by atoms with Crippen molar-refractivity contribution < 1.29 is 4.79 Å². The van der Waals surface area contributed by atoms with E-state index in [-0.39, 0.29) is 5.91 Å². The number of hydrogen-bond acceptors (Lipinski definition) is 4. The van der Waals surface area contributed by atoms with Crippen LogP contribution in [0, 0.1) is 5.92 Å². The quantitative estimate of drug-likeness (QED) is 0.842. The molecule has 5 nitrogen and oxygen atoms in total. The molecule has 1 atom stereocenters. The van der Waals surface area contributed by atoms with Gasteiger partial charge >= 0.3 is 0 Å². The molecule has 0 bridgehead atoms. The van der Waals surface area contributed by atoms with E-state index in [4.69, 9.17) is 0 Å². The second-order valence-corrected chi connectivity index (χ2v) is 7.07. The van der Waals surface area contributed by atoms with Gasteiger partial charge in [0.25, 0.3) is 5.91 Å². The first-order valence-corrected chi connectivity index (χ1v) is 9.25. The molecule has 1 saturated heterocycles. The third kappa shape index (κ3) is 4.56. The number of hydrogen-bond donors (Lipinski definition) is 1. The van der Waals surface area contributed by atoms with Gasteiger partial charge in [0, 0.05) is 25.7 Å². The van der Waals surface area contributed by atoms with Gasteiger partial charge in [-0.25, -0.2) is 9.97 Å². The first kappa shape index (κ1) is 16.9. The Morgan fingerprint density at radius 3 is 3.04 bits per heavy atom. The first-order chi connectivity index (χ1) is 11.7. The van der Waals surface area contributed by atoms with E-state index in [0.29, 0.717) is 18.2 Å². The number of anilines is 1. The SMILES string of the molecule is CC1CCCN(c2cc(C(=O)NCCC3=CCCCC3)ncn2)C1. The van der Waals surface area contributed by atoms with E-state index in [9.17, 15) is 4.79 Å². The van der Waals surface area contributed by atoms with Crippen molar-refractivity contribution in [3.8, 4) is 0 Å². The highest BCUT2D eigenvalue weighted by Crippen LogP contribution is 2.21. The molecule has 0 radical (unpaired) electrons. The van der Waals surface area contributed by atoms with Crippen LogP contribution in [0.2, 0.25) is 0 Å². The van der Waals surface area contributed by atoms with E-state index in [1.165, 1.54) is 50.4 Å². The lowest BCUT2D eigenvalue weighted by Gasteiger charge is -2.31. The molecule has 0 saturated carbocycles. The zero-order chi connectivity index (χ0) is 16.8. The fourth-order valence-corrected chi connectivity index (χ4v) is 3.60. The molecule has 1 aliphatic heterocycles. The van der Waals surface area contributed by atoms with Crippen LogP contribution in [0.4, 0.5) is 5.82 Å². The maximum absolute atomic E-state index is 12.3. The largest absolute Gasteiger partial charge is 0.356 e. The number of aromatic nitrogens is 2. The van der Waals surface area contributed by atoms with E-state index < -0.39 is 0 Å². The minimum absolute atomic E-state index is 0.0971. The van der Waals surface area contributed by atoms with Crippen LogP contribution >= 0.6 is 0 Å². The normalized spacial score (nSPS) is 21.3. The summed E-state index contributed by atoms with van der Waals surface area (Å²) in [5.74, 6) is 1.45. The molecule has 24 heavy (non-hydrogen) atoms. The van der Waals surface area contributed by atoms with Gasteiger partial charge < -0.3 is 10.2 Å². The van der Waals surface area contributed by atoms with Gasteiger partial charge in [-0.05, 0) is 50.9 Å². The molecule has 130 valence electrons. The molecular formula is C19H28N4O. The molecule has 2 aliphatic rings. The first-order valence-electron chi connectivity index (χ1n) is 9.25. The highest BCUT2D eigenvalue weighted by molar-refractivity contribution is 5.92. The molecule has 1 unspecified atom stereocenters. The second-order valence-electron chi connectivity index (χ2n) is 7.07. The maximum atomic E-state index is 12.3. The van der Waals surface area contributed by atoms with E-state index in [2.05, 4.69) is 33.2 Å². The predicted octanol–water partition coefficient (Wildman–Crippen LogP) is 3.33. The summed E-state index contributed by atoms with van der Waals surface area (Å²) < 4.78 is 0. The standard InChI is InChI=1S/C19H28N4O/c1-15-6-5-11-23(13-15)18-12-17(21-14-22-18)19(24)20-10-9-16-7-3-2-4-8-16/h7,12,14-15H,2-6,8-11,13H2,1H3,(H,20,24). The second kappa shape index (κ2) is 8.27. The highest BCUT2D eigenvalue weighted by Gasteiger charge is 2.19. The number of rotatable bonds is 5. The van der Waals surface area contributed by atoms with Gasteiger partial charge in [0.1, 0.15) is 17.8 Å². The summed E-state index contributed by atoms with van der Waals surface area (Å²) in [6.45, 7) is 4.97. The summed E-state index contributed by atoms with van der Waals surface area (Å²) in [6.07, 6.45) is 12.2. The Morgan fingerprint density at radius 2 is 2.25 bits per heavy atom. The molecule has 1 aromatic rings. The summed E-state index contributed by atoms with van der Waals surface area (Å²) in [5, 5.41) is 3.00. The van der Waals surface area contributed by atoms with Gasteiger partial charge in [0.05, 0.1) is 0 Å². The molecule has 1 aromatic heterocycles. The predicted molar refractivity (Wildman–Crippen MR) is 96.1 cm³/mol. The van der Waals surface area contributed by atoms with Crippen LogP contribution in [0.5, 0.6) is 0 Å². The van der Waals surface area contributed by atoms with Gasteiger partial charge in [-0.15, -0.1) is 0 Å². The molecule has 1 N–H and O–H groups in total. The fourth-order valence-electron chi connectivity index (χ4n) is 3.60. The smallest absolute Gasteiger partial charge is 0.270 e. The third-order valence-electron chi connectivity index (χ3n) is 4.98. The summed E-state index contributed by atoms with van der Waals surface area (Å²) in [7, 11) is 0. The lowest BCUT2D eigenvalue weighted by molar-refractivity contribution is 0.0949. The van der Waals surface area contributed by atoms with E-state index in [0.717, 1.165) is 25.3 Å². The minimum atomic E-state index is -0.0971. The molecule has 2 heterocycles. The number of piperidine rings is 1. The molecule has 5 heteroatoms. The van der Waals surface area contributed by atoms with Crippen LogP contribution < -0.4 is 10.2 Å². The van der Waals surface area contributed by atoms with Crippen molar-refractivity contribution in [2.45, 2.75) is 51.9 Å². The third-order valence-corrected chi connectivity index (χ3v) is 4.98. The topological polar surface area (TPSA) is 58.1 Å². The Morgan fingerprint density at radius 1 is 1.33 bits per heavy atom. The number of nitrogens with one attached hydrogen (secondary N) is 1. The summed E-state index contributed by atoms with van der Waals surface area (Å²) >= 11 is 0. The number of carbonyl (C=O) groups excluding carboxylic acids is 1. The molecule has 3 rings (SSSR count). The highest BCUT2D eigenvalue weighted by atomic mass is 16.1. The van der Waals surface area contributed by atoms with Crippen molar-refractivity contribution in [2.24, 2.45) is 5.92 Å². The fraction of sp³-hybridized carbons (Fsp3) is 0.632. The average Bonchev–Trinajstić information content (AvgIpc) is 2.63. The number of nitrogens with zero attached hydrogens (tertiary/aromatic N) is 3. The molecule has 1 amide bonds. The van der Waals surface area contributed by atoms with Gasteiger partial charge in [-0.1, -0.05) is 18.6 Å². The lowest BCUT2D eigenvalue weighted by atomic mass is 9.97. The van der Waals surface area contributed by atoms with Gasteiger partial charge in [0.2, 0.25) is 0 Å². The molecule has 0 spiro atoms. The summed E-state index contributed by atoms with van der Waals surface area (Å²) in [6, 6.07) is 1.83. The number of amides is 1. The molecule has 1 fully saturated rings.